The number of phenolic OH excluding ortho intramolecular Hbond substituents is 1. The number of nitrogens with one attached hydrogen (secondary N) is 2. The van der Waals surface area contributed by atoms with Crippen LogP contribution < -0.4 is 22.1 Å². The molecule has 1 aliphatic carbocycles. The zero-order valence-corrected chi connectivity index (χ0v) is 27.4. The zero-order chi connectivity index (χ0) is 34.3. The molecule has 1 heterocycles. The molecular weight excluding hydrogens is 641 g/mol. The Labute approximate surface area is 287 Å². The van der Waals surface area contributed by atoms with E-state index < -0.39 is 24.1 Å². The first-order valence-electron chi connectivity index (χ1n) is 15.9. The quantitative estimate of drug-likeness (QED) is 0.0507. The number of alkyl carbamates (subject to hydrolysis) is 1. The number of guanidine groups is 1. The number of rotatable bonds is 13. The summed E-state index contributed by atoms with van der Waals surface area (Å²) in [6.07, 6.45) is -0.0646. The Morgan fingerprint density at radius 2 is 1.51 bits per heavy atom. The molecule has 2 atom stereocenters. The van der Waals surface area contributed by atoms with Gasteiger partial charge in [0.1, 0.15) is 18.4 Å². The molecule has 0 bridgehead atoms. The summed E-state index contributed by atoms with van der Waals surface area (Å²) in [5, 5.41) is 15.6. The van der Waals surface area contributed by atoms with E-state index in [2.05, 4.69) is 32.7 Å². The van der Waals surface area contributed by atoms with Crippen molar-refractivity contribution in [2.45, 2.75) is 37.3 Å². The second kappa shape index (κ2) is 15.0. The van der Waals surface area contributed by atoms with Crippen molar-refractivity contribution < 1.29 is 24.2 Å². The van der Waals surface area contributed by atoms with E-state index in [9.17, 15) is 19.5 Å². The van der Waals surface area contributed by atoms with Crippen LogP contribution in [0.3, 0.4) is 0 Å². The van der Waals surface area contributed by atoms with Crippen LogP contribution in [-0.4, -0.2) is 59.1 Å². The summed E-state index contributed by atoms with van der Waals surface area (Å²) >= 11 is 1.24. The first-order valence-corrected chi connectivity index (χ1v) is 16.7. The van der Waals surface area contributed by atoms with E-state index in [1.807, 2.05) is 60.7 Å². The molecule has 6 rings (SSSR count). The van der Waals surface area contributed by atoms with Crippen LogP contribution in [0, 0.1) is 0 Å². The highest BCUT2D eigenvalue weighted by Crippen LogP contribution is 2.44. The number of para-hydroxylation sites is 1. The molecule has 1 aromatic heterocycles. The number of amides is 2. The standard InChI is InChI=1S/C37H36N6O5S/c38-36(39)40-19-7-13-30(33(45)35-42-29-12-5-6-14-32(29)49-35)41-34(46)31(20-22-15-17-23(44)18-16-22)43-37(47)48-21-28-26-10-3-1-8-24(26)25-9-2-4-11-27(25)28/h1-6,8-12,14-18,28,30-31,44H,7,13,19-21H2,(H,41,46)(H,43,47)(H4,38,39,40)/t30-,31-/m0/s1. The highest BCUT2D eigenvalue weighted by Gasteiger charge is 2.32. The van der Waals surface area contributed by atoms with Crippen LogP contribution in [0.5, 0.6) is 5.75 Å². The zero-order valence-electron chi connectivity index (χ0n) is 26.5. The summed E-state index contributed by atoms with van der Waals surface area (Å²) in [4.78, 5) is 49.5. The SMILES string of the molecule is NC(N)=NCCC[C@H](NC(=O)[C@H](Cc1ccc(O)cc1)NC(=O)OCC1c2ccccc2-c2ccccc21)C(=O)c1nc2ccccc2s1. The average molecular weight is 677 g/mol. The Balaban J connectivity index is 1.20. The molecule has 5 aromatic rings. The lowest BCUT2D eigenvalue weighted by Crippen LogP contribution is -2.52. The second-order valence-corrected chi connectivity index (χ2v) is 12.8. The Hall–Kier alpha value is -5.75. The van der Waals surface area contributed by atoms with E-state index in [1.54, 1.807) is 12.1 Å². The molecule has 0 fully saturated rings. The third-order valence-corrected chi connectivity index (χ3v) is 9.46. The van der Waals surface area contributed by atoms with Crippen molar-refractivity contribution in [3.63, 3.8) is 0 Å². The summed E-state index contributed by atoms with van der Waals surface area (Å²) in [6, 6.07) is 27.7. The maximum atomic E-state index is 13.9. The number of fused-ring (bicyclic) bond motifs is 4. The molecule has 4 aromatic carbocycles. The molecule has 7 N–H and O–H groups in total. The monoisotopic (exact) mass is 676 g/mol. The predicted octanol–water partition coefficient (Wildman–Crippen LogP) is 4.87. The van der Waals surface area contributed by atoms with Gasteiger partial charge in [-0.3, -0.25) is 14.6 Å². The van der Waals surface area contributed by atoms with Gasteiger partial charge in [0, 0.05) is 18.9 Å². The van der Waals surface area contributed by atoms with Gasteiger partial charge >= 0.3 is 6.09 Å². The summed E-state index contributed by atoms with van der Waals surface area (Å²) in [6.45, 7) is 0.327. The molecule has 0 spiro atoms. The number of Topliss-reactive ketones (excluding diaryl/α,β-unsaturated/α-hetero) is 1. The molecule has 0 saturated carbocycles. The Bertz CT molecular complexity index is 1930. The number of ether oxygens (including phenoxy) is 1. The summed E-state index contributed by atoms with van der Waals surface area (Å²) < 4.78 is 6.60. The number of aromatic hydroxyl groups is 1. The number of ketones is 1. The van der Waals surface area contributed by atoms with Crippen LogP contribution in [0.15, 0.2) is 102 Å². The molecule has 0 unspecified atom stereocenters. The molecule has 0 aliphatic heterocycles. The van der Waals surface area contributed by atoms with Crippen molar-refractivity contribution in [1.29, 1.82) is 0 Å². The predicted molar refractivity (Wildman–Crippen MR) is 190 cm³/mol. The van der Waals surface area contributed by atoms with Crippen molar-refractivity contribution in [3.8, 4) is 16.9 Å². The number of carbonyl (C=O) groups excluding carboxylic acids is 3. The van der Waals surface area contributed by atoms with E-state index in [0.717, 1.165) is 27.0 Å². The maximum absolute atomic E-state index is 13.9. The summed E-state index contributed by atoms with van der Waals surface area (Å²) in [5.74, 6) is -1.11. The molecule has 11 nitrogen and oxygen atoms in total. The Morgan fingerprint density at radius 3 is 2.18 bits per heavy atom. The molecule has 0 radical (unpaired) electrons. The van der Waals surface area contributed by atoms with Gasteiger partial charge in [0.2, 0.25) is 11.7 Å². The van der Waals surface area contributed by atoms with E-state index in [-0.39, 0.29) is 54.4 Å². The van der Waals surface area contributed by atoms with Gasteiger partial charge in [-0.05, 0) is 64.9 Å². The van der Waals surface area contributed by atoms with Crippen molar-refractivity contribution in [3.05, 3.63) is 119 Å². The fourth-order valence-electron chi connectivity index (χ4n) is 6.03. The van der Waals surface area contributed by atoms with E-state index in [1.165, 1.54) is 23.5 Å². The topological polar surface area (TPSA) is 182 Å². The minimum absolute atomic E-state index is 0.0662. The fourth-order valence-corrected chi connectivity index (χ4v) is 6.99. The largest absolute Gasteiger partial charge is 0.508 e. The normalized spacial score (nSPS) is 13.1. The minimum Gasteiger partial charge on any atom is -0.508 e. The van der Waals surface area contributed by atoms with Crippen LogP contribution in [0.1, 0.15) is 45.3 Å². The second-order valence-electron chi connectivity index (χ2n) is 11.8. The maximum Gasteiger partial charge on any atom is 0.407 e. The van der Waals surface area contributed by atoms with Gasteiger partial charge < -0.3 is 31.9 Å². The van der Waals surface area contributed by atoms with Crippen molar-refractivity contribution >= 4 is 45.3 Å². The first kappa shape index (κ1) is 33.2. The van der Waals surface area contributed by atoms with Crippen LogP contribution >= 0.6 is 11.3 Å². The summed E-state index contributed by atoms with van der Waals surface area (Å²) in [5.41, 5.74) is 16.6. The molecule has 49 heavy (non-hydrogen) atoms. The van der Waals surface area contributed by atoms with Gasteiger partial charge in [-0.15, -0.1) is 11.3 Å². The number of hydrogen-bond acceptors (Lipinski definition) is 8. The number of phenols is 1. The molecule has 0 saturated heterocycles. The van der Waals surface area contributed by atoms with E-state index in [4.69, 9.17) is 16.2 Å². The Morgan fingerprint density at radius 1 is 0.857 bits per heavy atom. The van der Waals surface area contributed by atoms with Gasteiger partial charge in [0.05, 0.1) is 16.3 Å². The first-order chi connectivity index (χ1) is 23.8. The van der Waals surface area contributed by atoms with Crippen molar-refractivity contribution in [2.75, 3.05) is 13.2 Å². The van der Waals surface area contributed by atoms with Gasteiger partial charge in [-0.25, -0.2) is 9.78 Å². The number of aromatic nitrogens is 1. The molecule has 12 heteroatoms. The van der Waals surface area contributed by atoms with Gasteiger partial charge in [0.15, 0.2) is 11.0 Å². The van der Waals surface area contributed by atoms with Gasteiger partial charge in [-0.1, -0.05) is 72.8 Å². The van der Waals surface area contributed by atoms with Crippen LogP contribution in [-0.2, 0) is 16.0 Å². The van der Waals surface area contributed by atoms with Crippen LogP contribution in [0.4, 0.5) is 4.79 Å². The van der Waals surface area contributed by atoms with Crippen molar-refractivity contribution in [1.82, 2.24) is 15.6 Å². The van der Waals surface area contributed by atoms with Crippen LogP contribution in [0.25, 0.3) is 21.3 Å². The molecule has 1 aliphatic rings. The molecule has 250 valence electrons. The lowest BCUT2D eigenvalue weighted by molar-refractivity contribution is -0.123. The number of nitrogens with zero attached hydrogens (tertiary/aromatic N) is 2. The highest BCUT2D eigenvalue weighted by atomic mass is 32.1. The summed E-state index contributed by atoms with van der Waals surface area (Å²) in [7, 11) is 0. The number of carbonyl (C=O) groups is 3. The number of nitrogens with two attached hydrogens (primary N) is 2. The van der Waals surface area contributed by atoms with E-state index >= 15 is 0 Å². The Kier molecular flexibility index (Phi) is 10.1. The minimum atomic E-state index is -1.11. The number of thiazole rings is 1. The number of hydrogen-bond donors (Lipinski definition) is 5. The smallest absolute Gasteiger partial charge is 0.407 e. The van der Waals surface area contributed by atoms with Gasteiger partial charge in [0.25, 0.3) is 0 Å². The fraction of sp³-hybridized carbons (Fsp3) is 0.216. The van der Waals surface area contributed by atoms with Gasteiger partial charge in [-0.2, -0.15) is 0 Å². The molecular formula is C37H36N6O5S. The third kappa shape index (κ3) is 7.87. The highest BCUT2D eigenvalue weighted by molar-refractivity contribution is 7.20. The molecule has 2 amide bonds. The van der Waals surface area contributed by atoms with E-state index in [0.29, 0.717) is 17.5 Å². The number of benzene rings is 4. The van der Waals surface area contributed by atoms with Crippen molar-refractivity contribution in [2.24, 2.45) is 16.5 Å². The lowest BCUT2D eigenvalue weighted by Gasteiger charge is -2.23. The lowest BCUT2D eigenvalue weighted by atomic mass is 9.98. The third-order valence-electron chi connectivity index (χ3n) is 8.41. The van der Waals surface area contributed by atoms with Crippen LogP contribution in [0.2, 0.25) is 0 Å². The average Bonchev–Trinajstić information content (AvgIpc) is 3.68. The number of aliphatic imine (C=N–C) groups is 1.